The van der Waals surface area contributed by atoms with Crippen molar-refractivity contribution >= 4 is 22.6 Å². The summed E-state index contributed by atoms with van der Waals surface area (Å²) in [6.07, 6.45) is 0.699. The standard InChI is InChI=1S/C5H9FIN/c1-4(7)3-8-5(2)6/h3,5,8H,1-2H3/b4-3+. The first-order valence-electron chi connectivity index (χ1n) is 2.35. The molecule has 0 spiro atoms. The van der Waals surface area contributed by atoms with Crippen LogP contribution in [0.5, 0.6) is 0 Å². The summed E-state index contributed by atoms with van der Waals surface area (Å²) >= 11 is 2.11. The van der Waals surface area contributed by atoms with E-state index in [1.54, 1.807) is 6.20 Å². The van der Waals surface area contributed by atoms with Crippen molar-refractivity contribution < 1.29 is 4.39 Å². The molecule has 0 aliphatic carbocycles. The maximum Gasteiger partial charge on any atom is 0.166 e. The third kappa shape index (κ3) is 6.20. The number of halogens is 2. The molecule has 0 amide bonds. The summed E-state index contributed by atoms with van der Waals surface area (Å²) in [6, 6.07) is 0. The second kappa shape index (κ2) is 4.12. The third-order valence-corrected chi connectivity index (χ3v) is 0.823. The molecule has 1 N–H and O–H groups in total. The van der Waals surface area contributed by atoms with E-state index in [0.29, 0.717) is 0 Å². The van der Waals surface area contributed by atoms with Crippen molar-refractivity contribution in [1.29, 1.82) is 0 Å². The first kappa shape index (κ1) is 8.20. The van der Waals surface area contributed by atoms with Gasteiger partial charge in [0.25, 0.3) is 0 Å². The van der Waals surface area contributed by atoms with Crippen LogP contribution in [0.25, 0.3) is 0 Å². The lowest BCUT2D eigenvalue weighted by Gasteiger charge is -1.98. The SMILES string of the molecule is C/C(I)=C\NC(C)F. The van der Waals surface area contributed by atoms with E-state index in [1.165, 1.54) is 6.92 Å². The van der Waals surface area contributed by atoms with Crippen molar-refractivity contribution in [3.63, 3.8) is 0 Å². The normalized spacial score (nSPS) is 15.8. The van der Waals surface area contributed by atoms with Crippen molar-refractivity contribution in [2.24, 2.45) is 0 Å². The van der Waals surface area contributed by atoms with Crippen molar-refractivity contribution in [1.82, 2.24) is 5.32 Å². The lowest BCUT2D eigenvalue weighted by Crippen LogP contribution is -2.13. The fourth-order valence-corrected chi connectivity index (χ4v) is 0.409. The summed E-state index contributed by atoms with van der Waals surface area (Å²) in [7, 11) is 0. The van der Waals surface area contributed by atoms with Crippen LogP contribution in [0.2, 0.25) is 0 Å². The number of hydrogen-bond acceptors (Lipinski definition) is 1. The number of nitrogens with one attached hydrogen (secondary N) is 1. The molecule has 3 heteroatoms. The molecule has 0 saturated heterocycles. The van der Waals surface area contributed by atoms with Crippen molar-refractivity contribution in [3.8, 4) is 0 Å². The molecule has 0 fully saturated rings. The maximum absolute atomic E-state index is 11.9. The predicted octanol–water partition coefficient (Wildman–Crippen LogP) is 2.19. The van der Waals surface area contributed by atoms with E-state index in [2.05, 4.69) is 27.9 Å². The van der Waals surface area contributed by atoms with E-state index in [0.717, 1.165) is 3.58 Å². The molecule has 0 rings (SSSR count). The van der Waals surface area contributed by atoms with Gasteiger partial charge in [-0.2, -0.15) is 0 Å². The monoisotopic (exact) mass is 229 g/mol. The van der Waals surface area contributed by atoms with Crippen LogP contribution in [-0.4, -0.2) is 6.30 Å². The minimum absolute atomic E-state index is 0.945. The second-order valence-corrected chi connectivity index (χ2v) is 3.22. The number of allylic oxidation sites excluding steroid dienone is 1. The number of hydrogen-bond donors (Lipinski definition) is 1. The van der Waals surface area contributed by atoms with Gasteiger partial charge >= 0.3 is 0 Å². The van der Waals surface area contributed by atoms with Crippen molar-refractivity contribution in [2.75, 3.05) is 0 Å². The summed E-state index contributed by atoms with van der Waals surface area (Å²) in [5.74, 6) is 0. The van der Waals surface area contributed by atoms with E-state index in [1.807, 2.05) is 6.92 Å². The summed E-state index contributed by atoms with van der Waals surface area (Å²) in [4.78, 5) is 0. The summed E-state index contributed by atoms with van der Waals surface area (Å²) in [5.41, 5.74) is 0. The molecule has 0 radical (unpaired) electrons. The van der Waals surface area contributed by atoms with Crippen LogP contribution in [0.3, 0.4) is 0 Å². The van der Waals surface area contributed by atoms with Gasteiger partial charge in [0.05, 0.1) is 0 Å². The largest absolute Gasteiger partial charge is 0.362 e. The minimum Gasteiger partial charge on any atom is -0.362 e. The molecule has 0 bridgehead atoms. The highest BCUT2D eigenvalue weighted by atomic mass is 127. The number of rotatable bonds is 2. The zero-order valence-corrected chi connectivity index (χ0v) is 7.07. The molecule has 0 aromatic heterocycles. The van der Waals surface area contributed by atoms with Gasteiger partial charge in [0, 0.05) is 9.78 Å². The van der Waals surface area contributed by atoms with Gasteiger partial charge in [-0.15, -0.1) is 0 Å². The molecular formula is C5H9FIN. The highest BCUT2D eigenvalue weighted by molar-refractivity contribution is 14.1. The molecule has 0 saturated carbocycles. The van der Waals surface area contributed by atoms with Crippen LogP contribution >= 0.6 is 22.6 Å². The quantitative estimate of drug-likeness (QED) is 0.565. The Bertz CT molecular complexity index is 86.4. The second-order valence-electron chi connectivity index (χ2n) is 1.51. The van der Waals surface area contributed by atoms with Gasteiger partial charge in [-0.3, -0.25) is 0 Å². The average molecular weight is 229 g/mol. The van der Waals surface area contributed by atoms with Gasteiger partial charge in [0.15, 0.2) is 6.30 Å². The Morgan fingerprint density at radius 1 is 1.88 bits per heavy atom. The van der Waals surface area contributed by atoms with Crippen molar-refractivity contribution in [2.45, 2.75) is 20.1 Å². The van der Waals surface area contributed by atoms with E-state index >= 15 is 0 Å². The average Bonchev–Trinajstić information content (AvgIpc) is 1.61. The van der Waals surface area contributed by atoms with Gasteiger partial charge < -0.3 is 5.32 Å². The molecule has 1 nitrogen and oxygen atoms in total. The van der Waals surface area contributed by atoms with Crippen LogP contribution in [0, 0.1) is 0 Å². The molecule has 0 aromatic carbocycles. The topological polar surface area (TPSA) is 12.0 Å². The molecule has 8 heavy (non-hydrogen) atoms. The fraction of sp³-hybridized carbons (Fsp3) is 0.600. The number of alkyl halides is 1. The Labute approximate surface area is 62.5 Å². The van der Waals surface area contributed by atoms with E-state index in [4.69, 9.17) is 0 Å². The molecule has 1 atom stereocenters. The predicted molar refractivity (Wildman–Crippen MR) is 41.5 cm³/mol. The highest BCUT2D eigenvalue weighted by Gasteiger charge is 1.87. The molecule has 48 valence electrons. The van der Waals surface area contributed by atoms with Gasteiger partial charge in [0.1, 0.15) is 0 Å². The summed E-state index contributed by atoms with van der Waals surface area (Å²) < 4.78 is 13.0. The lowest BCUT2D eigenvalue weighted by atomic mass is 10.6. The highest BCUT2D eigenvalue weighted by Crippen LogP contribution is 2.00. The zero-order valence-electron chi connectivity index (χ0n) is 4.91. The smallest absolute Gasteiger partial charge is 0.166 e. The minimum atomic E-state index is -0.945. The van der Waals surface area contributed by atoms with E-state index in [9.17, 15) is 4.39 Å². The van der Waals surface area contributed by atoms with E-state index in [-0.39, 0.29) is 0 Å². The Kier molecular flexibility index (Phi) is 4.22. The first-order valence-corrected chi connectivity index (χ1v) is 3.43. The molecule has 0 aliphatic rings. The Balaban J connectivity index is 3.29. The van der Waals surface area contributed by atoms with Crippen LogP contribution in [0.1, 0.15) is 13.8 Å². The van der Waals surface area contributed by atoms with Crippen LogP contribution in [0.15, 0.2) is 9.78 Å². The molecule has 0 aliphatic heterocycles. The third-order valence-electron chi connectivity index (χ3n) is 0.512. The Morgan fingerprint density at radius 2 is 2.38 bits per heavy atom. The van der Waals surface area contributed by atoms with E-state index < -0.39 is 6.30 Å². The van der Waals surface area contributed by atoms with Gasteiger partial charge in [-0.1, -0.05) is 0 Å². The Hall–Kier alpha value is 0.200. The fourth-order valence-electron chi connectivity index (χ4n) is 0.230. The van der Waals surface area contributed by atoms with Crippen molar-refractivity contribution in [3.05, 3.63) is 9.78 Å². The molecule has 1 unspecified atom stereocenters. The zero-order chi connectivity index (χ0) is 6.57. The van der Waals surface area contributed by atoms with Gasteiger partial charge in [-0.05, 0) is 36.4 Å². The molecular weight excluding hydrogens is 220 g/mol. The van der Waals surface area contributed by atoms with Crippen LogP contribution in [-0.2, 0) is 0 Å². The Morgan fingerprint density at radius 3 is 2.50 bits per heavy atom. The van der Waals surface area contributed by atoms with Crippen LogP contribution < -0.4 is 5.32 Å². The molecule has 0 heterocycles. The lowest BCUT2D eigenvalue weighted by molar-refractivity contribution is 0.329. The van der Waals surface area contributed by atoms with Gasteiger partial charge in [0.2, 0.25) is 0 Å². The summed E-state index contributed by atoms with van der Waals surface area (Å²) in [5, 5.41) is 2.51. The molecule has 0 aromatic rings. The summed E-state index contributed by atoms with van der Waals surface area (Å²) in [6.45, 7) is 3.35. The van der Waals surface area contributed by atoms with Gasteiger partial charge in [-0.25, -0.2) is 4.39 Å². The first-order chi connectivity index (χ1) is 3.63. The van der Waals surface area contributed by atoms with Crippen LogP contribution in [0.4, 0.5) is 4.39 Å². The maximum atomic E-state index is 11.9.